The lowest BCUT2D eigenvalue weighted by Gasteiger charge is -2.37. The predicted molar refractivity (Wildman–Crippen MR) is 150 cm³/mol. The van der Waals surface area contributed by atoms with Crippen LogP contribution in [0.1, 0.15) is 50.1 Å². The molecule has 3 atom stereocenters. The molecule has 2 N–H and O–H groups in total. The molecule has 0 saturated heterocycles. The first-order chi connectivity index (χ1) is 18.2. The number of aromatic nitrogens is 2. The standard InChI is InChI=1S/C27H31FN6O3S.ClH/c1-33(2)27(37)16-5-7-19(30-24(35)22-11-15-4-6-18(28)10-17(15)13-29-22)21(12-16)31-25(36)26-32-20-8-9-34(3)14-23(20)38-26;/h4,6,10-11,13,16,19,21H,5,7-9,12,14H2,1-3H3,(H,30,35)(H,31,36);1H/t16-,19-,21+;/m0./s1. The molecule has 3 amide bonds. The number of fused-ring (bicyclic) bond motifs is 2. The van der Waals surface area contributed by atoms with Gasteiger partial charge in [-0.25, -0.2) is 9.37 Å². The van der Waals surface area contributed by atoms with Crippen molar-refractivity contribution in [3.63, 3.8) is 0 Å². The number of hydrogen-bond acceptors (Lipinski definition) is 7. The van der Waals surface area contributed by atoms with Gasteiger partial charge < -0.3 is 20.4 Å². The summed E-state index contributed by atoms with van der Waals surface area (Å²) < 4.78 is 13.5. The van der Waals surface area contributed by atoms with E-state index in [9.17, 15) is 18.8 Å². The van der Waals surface area contributed by atoms with Crippen molar-refractivity contribution in [3.8, 4) is 0 Å². The average molecular weight is 575 g/mol. The third-order valence-electron chi connectivity index (χ3n) is 7.31. The number of halogens is 2. The monoisotopic (exact) mass is 574 g/mol. The highest BCUT2D eigenvalue weighted by atomic mass is 35.5. The van der Waals surface area contributed by atoms with Crippen molar-refractivity contribution in [3.05, 3.63) is 57.6 Å². The van der Waals surface area contributed by atoms with E-state index < -0.39 is 6.04 Å². The highest BCUT2D eigenvalue weighted by molar-refractivity contribution is 7.13. The van der Waals surface area contributed by atoms with Crippen molar-refractivity contribution in [2.24, 2.45) is 5.92 Å². The number of pyridine rings is 1. The average Bonchev–Trinajstić information content (AvgIpc) is 3.32. The summed E-state index contributed by atoms with van der Waals surface area (Å²) in [4.78, 5) is 52.8. The summed E-state index contributed by atoms with van der Waals surface area (Å²) in [7, 11) is 5.48. The van der Waals surface area contributed by atoms with Crippen LogP contribution in [-0.2, 0) is 17.8 Å². The Labute approximate surface area is 236 Å². The molecule has 1 aliphatic heterocycles. The molecule has 39 heavy (non-hydrogen) atoms. The van der Waals surface area contributed by atoms with Gasteiger partial charge in [-0.1, -0.05) is 6.07 Å². The molecule has 2 aromatic heterocycles. The lowest BCUT2D eigenvalue weighted by Crippen LogP contribution is -2.56. The smallest absolute Gasteiger partial charge is 0.280 e. The zero-order valence-electron chi connectivity index (χ0n) is 22.1. The first-order valence-corrected chi connectivity index (χ1v) is 13.5. The molecule has 1 saturated carbocycles. The van der Waals surface area contributed by atoms with Crippen LogP contribution in [0.4, 0.5) is 4.39 Å². The molecular formula is C27H32ClFN6O3S. The maximum atomic E-state index is 13.5. The third-order valence-corrected chi connectivity index (χ3v) is 8.39. The van der Waals surface area contributed by atoms with Crippen molar-refractivity contribution >= 4 is 52.2 Å². The van der Waals surface area contributed by atoms with Crippen molar-refractivity contribution in [2.75, 3.05) is 27.7 Å². The Balaban J connectivity index is 0.00000353. The van der Waals surface area contributed by atoms with E-state index in [1.165, 1.54) is 29.7 Å². The maximum Gasteiger partial charge on any atom is 0.280 e. The topological polar surface area (TPSA) is 108 Å². The van der Waals surface area contributed by atoms with E-state index >= 15 is 0 Å². The molecule has 2 aliphatic rings. The summed E-state index contributed by atoms with van der Waals surface area (Å²) in [5, 5.41) is 7.80. The SMILES string of the molecule is CN1CCc2nc(C(=O)N[C@@H]3C[C@@H](C(=O)N(C)C)CC[C@@H]3NC(=O)c3cc4ccc(F)cc4cn3)sc2C1.Cl. The normalized spacial score (nSPS) is 21.0. The van der Waals surface area contributed by atoms with Crippen LogP contribution >= 0.6 is 23.7 Å². The number of nitrogens with one attached hydrogen (secondary N) is 2. The molecule has 208 valence electrons. The molecule has 3 aromatic rings. The number of thiazole rings is 1. The molecule has 1 aliphatic carbocycles. The van der Waals surface area contributed by atoms with Crippen LogP contribution in [0.5, 0.6) is 0 Å². The molecule has 12 heteroatoms. The predicted octanol–water partition coefficient (Wildman–Crippen LogP) is 3.03. The highest BCUT2D eigenvalue weighted by Gasteiger charge is 2.37. The van der Waals surface area contributed by atoms with Gasteiger partial charge in [-0.15, -0.1) is 23.7 Å². The Morgan fingerprint density at radius 3 is 2.62 bits per heavy atom. The van der Waals surface area contributed by atoms with Gasteiger partial charge in [-0.3, -0.25) is 19.4 Å². The van der Waals surface area contributed by atoms with Crippen molar-refractivity contribution in [2.45, 2.75) is 44.3 Å². The number of amides is 3. The van der Waals surface area contributed by atoms with Crippen LogP contribution in [-0.4, -0.2) is 77.3 Å². The van der Waals surface area contributed by atoms with E-state index in [0.717, 1.165) is 30.1 Å². The minimum Gasteiger partial charge on any atom is -0.349 e. The number of benzene rings is 1. The van der Waals surface area contributed by atoms with E-state index in [0.29, 0.717) is 35.0 Å². The lowest BCUT2D eigenvalue weighted by atomic mass is 9.81. The van der Waals surface area contributed by atoms with Gasteiger partial charge >= 0.3 is 0 Å². The van der Waals surface area contributed by atoms with Crippen LogP contribution in [0, 0.1) is 11.7 Å². The third kappa shape index (κ3) is 6.37. The molecule has 0 bridgehead atoms. The second kappa shape index (κ2) is 11.9. The molecule has 1 fully saturated rings. The summed E-state index contributed by atoms with van der Waals surface area (Å²) in [5.74, 6) is -1.29. The fourth-order valence-electron chi connectivity index (χ4n) is 5.22. The number of rotatable bonds is 5. The van der Waals surface area contributed by atoms with Gasteiger partial charge in [0.05, 0.1) is 11.7 Å². The summed E-state index contributed by atoms with van der Waals surface area (Å²) in [6, 6.07) is 5.10. The molecule has 5 rings (SSSR count). The summed E-state index contributed by atoms with van der Waals surface area (Å²) in [5.41, 5.74) is 1.17. The van der Waals surface area contributed by atoms with Crippen LogP contribution in [0.2, 0.25) is 0 Å². The second-order valence-corrected chi connectivity index (χ2v) is 11.4. The number of nitrogens with zero attached hydrogens (tertiary/aromatic N) is 4. The Kier molecular flexibility index (Phi) is 8.83. The van der Waals surface area contributed by atoms with E-state index in [1.807, 2.05) is 7.05 Å². The number of likely N-dealkylation sites (N-methyl/N-ethyl adjacent to an activating group) is 1. The first-order valence-electron chi connectivity index (χ1n) is 12.7. The Bertz CT molecular complexity index is 1400. The van der Waals surface area contributed by atoms with Gasteiger partial charge in [0, 0.05) is 62.0 Å². The van der Waals surface area contributed by atoms with E-state index in [-0.39, 0.29) is 53.6 Å². The summed E-state index contributed by atoms with van der Waals surface area (Å²) in [6.07, 6.45) is 3.81. The maximum absolute atomic E-state index is 13.5. The van der Waals surface area contributed by atoms with E-state index in [2.05, 4.69) is 25.5 Å². The molecular weight excluding hydrogens is 543 g/mol. The quantitative estimate of drug-likeness (QED) is 0.485. The number of hydrogen-bond donors (Lipinski definition) is 2. The van der Waals surface area contributed by atoms with Crippen LogP contribution in [0.25, 0.3) is 10.8 Å². The van der Waals surface area contributed by atoms with Crippen molar-refractivity contribution in [1.29, 1.82) is 0 Å². The van der Waals surface area contributed by atoms with Gasteiger partial charge in [0.1, 0.15) is 11.5 Å². The minimum absolute atomic E-state index is 0. The van der Waals surface area contributed by atoms with Gasteiger partial charge in [0.25, 0.3) is 11.8 Å². The fourth-order valence-corrected chi connectivity index (χ4v) is 6.31. The molecule has 0 radical (unpaired) electrons. The molecule has 0 unspecified atom stereocenters. The zero-order valence-corrected chi connectivity index (χ0v) is 23.7. The molecule has 3 heterocycles. The van der Waals surface area contributed by atoms with Gasteiger partial charge in [0.15, 0.2) is 5.01 Å². The number of carbonyl (C=O) groups excluding carboxylic acids is 3. The van der Waals surface area contributed by atoms with Crippen LogP contribution < -0.4 is 10.6 Å². The van der Waals surface area contributed by atoms with E-state index in [1.54, 1.807) is 31.1 Å². The Morgan fingerprint density at radius 1 is 1.08 bits per heavy atom. The largest absolute Gasteiger partial charge is 0.349 e. The van der Waals surface area contributed by atoms with Crippen LogP contribution in [0.3, 0.4) is 0 Å². The first kappa shape index (κ1) is 28.8. The summed E-state index contributed by atoms with van der Waals surface area (Å²) >= 11 is 1.40. The molecule has 9 nitrogen and oxygen atoms in total. The number of carbonyl (C=O) groups is 3. The van der Waals surface area contributed by atoms with Gasteiger partial charge in [-0.05, 0) is 49.9 Å². The highest BCUT2D eigenvalue weighted by Crippen LogP contribution is 2.28. The van der Waals surface area contributed by atoms with Crippen molar-refractivity contribution < 1.29 is 18.8 Å². The van der Waals surface area contributed by atoms with Gasteiger partial charge in [0.2, 0.25) is 5.91 Å². The van der Waals surface area contributed by atoms with Gasteiger partial charge in [-0.2, -0.15) is 0 Å². The second-order valence-electron chi connectivity index (χ2n) is 10.3. The Hall–Kier alpha value is -3.15. The lowest BCUT2D eigenvalue weighted by molar-refractivity contribution is -0.134. The van der Waals surface area contributed by atoms with Crippen molar-refractivity contribution in [1.82, 2.24) is 30.4 Å². The Morgan fingerprint density at radius 2 is 1.85 bits per heavy atom. The fraction of sp³-hybridized carbons (Fsp3) is 0.444. The summed E-state index contributed by atoms with van der Waals surface area (Å²) in [6.45, 7) is 1.67. The minimum atomic E-state index is -0.452. The zero-order chi connectivity index (χ0) is 27.0. The van der Waals surface area contributed by atoms with E-state index in [4.69, 9.17) is 0 Å². The molecule has 0 spiro atoms. The van der Waals surface area contributed by atoms with Crippen LogP contribution in [0.15, 0.2) is 30.5 Å². The molecule has 1 aromatic carbocycles.